The maximum atomic E-state index is 6.45. The maximum absolute atomic E-state index is 6.45. The quantitative estimate of drug-likeness (QED) is 0.392. The molecule has 166 valence electrons. The molecular formula is C24H27N5O3. The molecule has 0 aliphatic carbocycles. The molecule has 0 fully saturated rings. The third-order valence-electron chi connectivity index (χ3n) is 5.30. The Morgan fingerprint density at radius 2 is 1.94 bits per heavy atom. The molecule has 0 amide bonds. The van der Waals surface area contributed by atoms with Crippen molar-refractivity contribution in [3.8, 4) is 28.5 Å². The number of rotatable bonds is 9. The van der Waals surface area contributed by atoms with Crippen LogP contribution in [0.25, 0.3) is 11.1 Å². The van der Waals surface area contributed by atoms with Crippen LogP contribution >= 0.6 is 0 Å². The van der Waals surface area contributed by atoms with Gasteiger partial charge >= 0.3 is 0 Å². The Hall–Kier alpha value is -3.81. The Morgan fingerprint density at radius 3 is 2.53 bits per heavy atom. The fourth-order valence-corrected chi connectivity index (χ4v) is 3.63. The zero-order valence-electron chi connectivity index (χ0n) is 18.7. The van der Waals surface area contributed by atoms with Gasteiger partial charge in [-0.3, -0.25) is 4.68 Å². The molecule has 1 unspecified atom stereocenters. The van der Waals surface area contributed by atoms with Crippen molar-refractivity contribution >= 4 is 0 Å². The second-order valence-corrected chi connectivity index (χ2v) is 7.45. The highest BCUT2D eigenvalue weighted by Gasteiger charge is 2.19. The molecule has 0 spiro atoms. The van der Waals surface area contributed by atoms with Crippen molar-refractivity contribution in [1.82, 2.24) is 24.3 Å². The van der Waals surface area contributed by atoms with Crippen molar-refractivity contribution in [3.05, 3.63) is 72.7 Å². The zero-order chi connectivity index (χ0) is 22.5. The SMILES string of the molecule is CCC(Oc1cc(-c2cnn(C)c2)c(Cn2ccnc2)cc1OC)c1ccc(OC)nc1. The average molecular weight is 434 g/mol. The third kappa shape index (κ3) is 4.59. The first kappa shape index (κ1) is 21.4. The number of ether oxygens (including phenoxy) is 3. The van der Waals surface area contributed by atoms with Crippen molar-refractivity contribution in [2.75, 3.05) is 14.2 Å². The van der Waals surface area contributed by atoms with E-state index in [0.717, 1.165) is 28.7 Å². The van der Waals surface area contributed by atoms with E-state index in [9.17, 15) is 0 Å². The summed E-state index contributed by atoms with van der Waals surface area (Å²) in [5.41, 5.74) is 4.10. The number of nitrogens with zero attached hydrogens (tertiary/aromatic N) is 5. The molecule has 0 N–H and O–H groups in total. The van der Waals surface area contributed by atoms with E-state index in [4.69, 9.17) is 14.2 Å². The van der Waals surface area contributed by atoms with Crippen LogP contribution in [0.4, 0.5) is 0 Å². The van der Waals surface area contributed by atoms with Crippen LogP contribution in [-0.2, 0) is 13.6 Å². The number of hydrogen-bond acceptors (Lipinski definition) is 6. The first-order chi connectivity index (χ1) is 15.6. The third-order valence-corrected chi connectivity index (χ3v) is 5.30. The molecule has 0 saturated heterocycles. The Morgan fingerprint density at radius 1 is 1.06 bits per heavy atom. The summed E-state index contributed by atoms with van der Waals surface area (Å²) in [5.74, 6) is 1.92. The van der Waals surface area contributed by atoms with Crippen LogP contribution < -0.4 is 14.2 Å². The summed E-state index contributed by atoms with van der Waals surface area (Å²) in [6.45, 7) is 2.73. The summed E-state index contributed by atoms with van der Waals surface area (Å²) in [4.78, 5) is 8.48. The van der Waals surface area contributed by atoms with E-state index >= 15 is 0 Å². The summed E-state index contributed by atoms with van der Waals surface area (Å²) in [6, 6.07) is 7.87. The normalized spacial score (nSPS) is 11.9. The molecule has 0 saturated carbocycles. The number of benzene rings is 1. The Labute approximate surface area is 187 Å². The van der Waals surface area contributed by atoms with Gasteiger partial charge in [-0.15, -0.1) is 0 Å². The predicted molar refractivity (Wildman–Crippen MR) is 121 cm³/mol. The molecule has 1 aromatic carbocycles. The van der Waals surface area contributed by atoms with Gasteiger partial charge in [-0.2, -0.15) is 5.10 Å². The first-order valence-corrected chi connectivity index (χ1v) is 10.4. The number of pyridine rings is 1. The van der Waals surface area contributed by atoms with Crippen LogP contribution in [0.5, 0.6) is 17.4 Å². The van der Waals surface area contributed by atoms with Crippen LogP contribution in [0.2, 0.25) is 0 Å². The van der Waals surface area contributed by atoms with Crippen LogP contribution in [0.15, 0.2) is 61.6 Å². The van der Waals surface area contributed by atoms with Gasteiger partial charge in [0.2, 0.25) is 5.88 Å². The fourth-order valence-electron chi connectivity index (χ4n) is 3.63. The fraction of sp³-hybridized carbons (Fsp3) is 0.292. The molecule has 4 rings (SSSR count). The van der Waals surface area contributed by atoms with Gasteiger partial charge in [0.15, 0.2) is 11.5 Å². The standard InChI is InChI=1S/C24H27N5O3/c1-5-21(17-6-7-24(31-4)26-12-17)32-23-11-20(19-13-27-28(2)14-19)18(10-22(23)30-3)15-29-9-8-25-16-29/h6-14,16,21H,5,15H2,1-4H3. The molecule has 0 radical (unpaired) electrons. The highest BCUT2D eigenvalue weighted by atomic mass is 16.5. The predicted octanol–water partition coefficient (Wildman–Crippen LogP) is 4.27. The summed E-state index contributed by atoms with van der Waals surface area (Å²) in [7, 11) is 5.17. The molecule has 0 aliphatic rings. The minimum atomic E-state index is -0.177. The number of hydrogen-bond donors (Lipinski definition) is 0. The lowest BCUT2D eigenvalue weighted by atomic mass is 10.0. The molecule has 32 heavy (non-hydrogen) atoms. The monoisotopic (exact) mass is 433 g/mol. The van der Waals surface area contributed by atoms with Gasteiger partial charge in [0, 0.05) is 55.6 Å². The highest BCUT2D eigenvalue weighted by Crippen LogP contribution is 2.39. The molecule has 0 bridgehead atoms. The van der Waals surface area contributed by atoms with Gasteiger partial charge < -0.3 is 18.8 Å². The maximum Gasteiger partial charge on any atom is 0.212 e. The van der Waals surface area contributed by atoms with Crippen LogP contribution in [0, 0.1) is 0 Å². The molecule has 0 aliphatic heterocycles. The Kier molecular flexibility index (Phi) is 6.39. The summed E-state index contributed by atoms with van der Waals surface area (Å²) in [6.07, 6.45) is 11.7. The van der Waals surface area contributed by atoms with Gasteiger partial charge in [-0.1, -0.05) is 6.92 Å². The van der Waals surface area contributed by atoms with E-state index in [1.54, 1.807) is 37.6 Å². The largest absolute Gasteiger partial charge is 0.493 e. The van der Waals surface area contributed by atoms with E-state index in [2.05, 4.69) is 22.0 Å². The van der Waals surface area contributed by atoms with E-state index in [1.807, 2.05) is 54.5 Å². The molecule has 1 atom stereocenters. The van der Waals surface area contributed by atoms with E-state index < -0.39 is 0 Å². The Bertz CT molecular complexity index is 1150. The van der Waals surface area contributed by atoms with Crippen molar-refractivity contribution in [1.29, 1.82) is 0 Å². The highest BCUT2D eigenvalue weighted by molar-refractivity contribution is 5.70. The molecular weight excluding hydrogens is 406 g/mol. The van der Waals surface area contributed by atoms with Crippen LogP contribution in [0.3, 0.4) is 0 Å². The smallest absolute Gasteiger partial charge is 0.212 e. The van der Waals surface area contributed by atoms with Crippen molar-refractivity contribution < 1.29 is 14.2 Å². The van der Waals surface area contributed by atoms with Gasteiger partial charge in [0.05, 0.1) is 26.7 Å². The average Bonchev–Trinajstić information content (AvgIpc) is 3.49. The topological polar surface area (TPSA) is 76.2 Å². The van der Waals surface area contributed by atoms with Crippen LogP contribution in [0.1, 0.15) is 30.6 Å². The van der Waals surface area contributed by atoms with Crippen molar-refractivity contribution in [2.24, 2.45) is 7.05 Å². The van der Waals surface area contributed by atoms with Crippen molar-refractivity contribution in [2.45, 2.75) is 26.0 Å². The van der Waals surface area contributed by atoms with Crippen LogP contribution in [-0.4, -0.2) is 38.5 Å². The van der Waals surface area contributed by atoms with E-state index in [1.165, 1.54) is 0 Å². The van der Waals surface area contributed by atoms with Crippen molar-refractivity contribution in [3.63, 3.8) is 0 Å². The first-order valence-electron chi connectivity index (χ1n) is 10.4. The lowest BCUT2D eigenvalue weighted by molar-refractivity contribution is 0.192. The number of aryl methyl sites for hydroxylation is 1. The summed E-state index contributed by atoms with van der Waals surface area (Å²) < 4.78 is 21.2. The van der Waals surface area contributed by atoms with Gasteiger partial charge in [-0.25, -0.2) is 9.97 Å². The number of methoxy groups -OCH3 is 2. The summed E-state index contributed by atoms with van der Waals surface area (Å²) in [5, 5.41) is 4.35. The molecule has 8 heteroatoms. The molecule has 3 aromatic heterocycles. The molecule has 3 heterocycles. The minimum Gasteiger partial charge on any atom is -0.493 e. The second-order valence-electron chi connectivity index (χ2n) is 7.45. The van der Waals surface area contributed by atoms with E-state index in [0.29, 0.717) is 23.9 Å². The minimum absolute atomic E-state index is 0.177. The van der Waals surface area contributed by atoms with Gasteiger partial charge in [0.25, 0.3) is 0 Å². The second kappa shape index (κ2) is 9.55. The summed E-state index contributed by atoms with van der Waals surface area (Å²) >= 11 is 0. The molecule has 4 aromatic rings. The van der Waals surface area contributed by atoms with Gasteiger partial charge in [0.1, 0.15) is 6.10 Å². The number of aromatic nitrogens is 5. The molecule has 8 nitrogen and oxygen atoms in total. The van der Waals surface area contributed by atoms with Gasteiger partial charge in [-0.05, 0) is 35.7 Å². The zero-order valence-corrected chi connectivity index (χ0v) is 18.7. The Balaban J connectivity index is 1.73. The number of imidazole rings is 1. The lowest BCUT2D eigenvalue weighted by Gasteiger charge is -2.21. The van der Waals surface area contributed by atoms with E-state index in [-0.39, 0.29) is 6.10 Å². The lowest BCUT2D eigenvalue weighted by Crippen LogP contribution is -2.09.